The van der Waals surface area contributed by atoms with Crippen LogP contribution >= 0.6 is 0 Å². The van der Waals surface area contributed by atoms with Crippen molar-refractivity contribution in [3.8, 4) is 0 Å². The lowest BCUT2D eigenvalue weighted by Crippen LogP contribution is -2.49. The number of aliphatic imine (C=N–C) groups is 1. The molecule has 2 N–H and O–H groups in total. The number of pyridine rings is 1. The minimum absolute atomic E-state index is 0.274. The van der Waals surface area contributed by atoms with Crippen LogP contribution in [0.3, 0.4) is 0 Å². The van der Waals surface area contributed by atoms with Gasteiger partial charge in [0, 0.05) is 43.7 Å². The summed E-state index contributed by atoms with van der Waals surface area (Å²) in [4.78, 5) is 16.1. The van der Waals surface area contributed by atoms with Gasteiger partial charge in [-0.05, 0) is 38.8 Å². The molecule has 8 nitrogen and oxygen atoms in total. The van der Waals surface area contributed by atoms with Gasteiger partial charge in [0.25, 0.3) is 0 Å². The fourth-order valence-electron chi connectivity index (χ4n) is 3.34. The van der Waals surface area contributed by atoms with Gasteiger partial charge in [-0.3, -0.25) is 4.99 Å². The Morgan fingerprint density at radius 2 is 2.07 bits per heavy atom. The monoisotopic (exact) mass is 399 g/mol. The summed E-state index contributed by atoms with van der Waals surface area (Å²) in [5.74, 6) is 3.60. The average Bonchev–Trinajstić information content (AvgIpc) is 3.18. The number of nitrogens with one attached hydrogen (secondary N) is 2. The van der Waals surface area contributed by atoms with Gasteiger partial charge in [0.2, 0.25) is 5.89 Å². The number of piperidine rings is 1. The van der Waals surface area contributed by atoms with Crippen LogP contribution in [0.1, 0.15) is 56.9 Å². The molecule has 0 aromatic carbocycles. The van der Waals surface area contributed by atoms with Crippen LogP contribution in [0.25, 0.3) is 0 Å². The van der Waals surface area contributed by atoms with Crippen LogP contribution in [0.15, 0.2) is 27.7 Å². The van der Waals surface area contributed by atoms with Gasteiger partial charge in [-0.25, -0.2) is 4.98 Å². The molecule has 3 rings (SSSR count). The normalized spacial score (nSPS) is 15.8. The predicted octanol–water partition coefficient (Wildman–Crippen LogP) is 2.66. The van der Waals surface area contributed by atoms with Crippen LogP contribution in [-0.2, 0) is 6.42 Å². The van der Waals surface area contributed by atoms with E-state index in [1.54, 1.807) is 0 Å². The Hall–Kier alpha value is -2.64. The molecule has 2 aromatic heterocycles. The molecular formula is C21H33N7O. The maximum atomic E-state index is 5.30. The molecule has 0 amide bonds. The summed E-state index contributed by atoms with van der Waals surface area (Å²) in [6.07, 6.45) is 2.76. The summed E-state index contributed by atoms with van der Waals surface area (Å²) >= 11 is 0. The summed E-state index contributed by atoms with van der Waals surface area (Å²) in [5, 5.41) is 10.9. The molecule has 2 aromatic rings. The van der Waals surface area contributed by atoms with Crippen LogP contribution in [0.5, 0.6) is 0 Å². The van der Waals surface area contributed by atoms with Gasteiger partial charge in [-0.15, -0.1) is 0 Å². The highest BCUT2D eigenvalue weighted by Gasteiger charge is 2.21. The fourth-order valence-corrected chi connectivity index (χ4v) is 3.34. The van der Waals surface area contributed by atoms with Gasteiger partial charge in [0.1, 0.15) is 5.82 Å². The molecule has 1 aliphatic heterocycles. The molecule has 158 valence electrons. The molecular weight excluding hydrogens is 366 g/mol. The summed E-state index contributed by atoms with van der Waals surface area (Å²) in [7, 11) is 0. The van der Waals surface area contributed by atoms with Crippen LogP contribution in [-0.4, -0.2) is 53.3 Å². The first-order valence-electron chi connectivity index (χ1n) is 10.6. The van der Waals surface area contributed by atoms with Crippen molar-refractivity contribution < 1.29 is 4.52 Å². The van der Waals surface area contributed by atoms with E-state index in [-0.39, 0.29) is 5.92 Å². The third-order valence-electron chi connectivity index (χ3n) is 4.97. The Bertz CT molecular complexity index is 794. The Balaban J connectivity index is 1.49. The number of rotatable bonds is 7. The van der Waals surface area contributed by atoms with Crippen molar-refractivity contribution in [2.75, 3.05) is 31.1 Å². The lowest BCUT2D eigenvalue weighted by molar-refractivity contribution is 0.372. The Labute approximate surface area is 173 Å². The topological polar surface area (TPSA) is 91.5 Å². The number of hydrogen-bond donors (Lipinski definition) is 2. The number of guanidine groups is 1. The SMILES string of the molecule is CCNC(=NCCc1nc(C(C)C)no1)NC1CCN(c2cccc(C)n2)CC1. The second kappa shape index (κ2) is 10.2. The van der Waals surface area contributed by atoms with E-state index in [4.69, 9.17) is 4.52 Å². The van der Waals surface area contributed by atoms with Crippen LogP contribution in [0.4, 0.5) is 5.82 Å². The maximum Gasteiger partial charge on any atom is 0.228 e. The van der Waals surface area contributed by atoms with Gasteiger partial charge in [-0.2, -0.15) is 4.98 Å². The van der Waals surface area contributed by atoms with E-state index in [0.29, 0.717) is 24.9 Å². The Morgan fingerprint density at radius 3 is 2.72 bits per heavy atom. The lowest BCUT2D eigenvalue weighted by atomic mass is 10.1. The fraction of sp³-hybridized carbons (Fsp3) is 0.619. The smallest absolute Gasteiger partial charge is 0.228 e. The van der Waals surface area contributed by atoms with Gasteiger partial charge < -0.3 is 20.1 Å². The van der Waals surface area contributed by atoms with E-state index in [9.17, 15) is 0 Å². The van der Waals surface area contributed by atoms with Crippen LogP contribution in [0.2, 0.25) is 0 Å². The number of aromatic nitrogens is 3. The van der Waals surface area contributed by atoms with Crippen LogP contribution < -0.4 is 15.5 Å². The second-order valence-electron chi connectivity index (χ2n) is 7.75. The predicted molar refractivity (Wildman–Crippen MR) is 115 cm³/mol. The van der Waals surface area contributed by atoms with Crippen LogP contribution in [0, 0.1) is 6.92 Å². The van der Waals surface area contributed by atoms with E-state index in [1.807, 2.05) is 13.0 Å². The van der Waals surface area contributed by atoms with Crippen molar-refractivity contribution in [2.24, 2.45) is 4.99 Å². The number of aryl methyl sites for hydroxylation is 1. The molecule has 3 heterocycles. The molecule has 0 radical (unpaired) electrons. The molecule has 0 atom stereocenters. The summed E-state index contributed by atoms with van der Waals surface area (Å²) in [5.41, 5.74) is 1.06. The molecule has 0 saturated carbocycles. The maximum absolute atomic E-state index is 5.30. The largest absolute Gasteiger partial charge is 0.357 e. The zero-order valence-electron chi connectivity index (χ0n) is 18.0. The molecule has 8 heteroatoms. The average molecular weight is 400 g/mol. The first-order chi connectivity index (χ1) is 14.0. The molecule has 1 aliphatic rings. The highest BCUT2D eigenvalue weighted by Crippen LogP contribution is 2.18. The quantitative estimate of drug-likeness (QED) is 0.546. The summed E-state index contributed by atoms with van der Waals surface area (Å²) < 4.78 is 5.30. The van der Waals surface area contributed by atoms with Crippen molar-refractivity contribution in [1.82, 2.24) is 25.8 Å². The lowest BCUT2D eigenvalue weighted by Gasteiger charge is -2.34. The summed E-state index contributed by atoms with van der Waals surface area (Å²) in [6.45, 7) is 11.7. The third-order valence-corrected chi connectivity index (χ3v) is 4.97. The molecule has 0 bridgehead atoms. The standard InChI is InChI=1S/C21H33N7O/c1-5-22-21(23-12-9-19-26-20(15(2)3)27-29-19)25-17-10-13-28(14-11-17)18-8-6-7-16(4)24-18/h6-8,15,17H,5,9-14H2,1-4H3,(H2,22,23,25). The third kappa shape index (κ3) is 6.17. The van der Waals surface area contributed by atoms with Crippen molar-refractivity contribution in [3.05, 3.63) is 35.6 Å². The van der Waals surface area contributed by atoms with Gasteiger partial charge >= 0.3 is 0 Å². The van der Waals surface area contributed by atoms with E-state index in [0.717, 1.165) is 55.8 Å². The summed E-state index contributed by atoms with van der Waals surface area (Å²) in [6, 6.07) is 6.61. The zero-order chi connectivity index (χ0) is 20.6. The molecule has 0 aliphatic carbocycles. The molecule has 29 heavy (non-hydrogen) atoms. The van der Waals surface area contributed by atoms with Crippen molar-refractivity contribution >= 4 is 11.8 Å². The number of hydrogen-bond acceptors (Lipinski definition) is 6. The van der Waals surface area contributed by atoms with E-state index >= 15 is 0 Å². The van der Waals surface area contributed by atoms with Crippen molar-refractivity contribution in [3.63, 3.8) is 0 Å². The minimum atomic E-state index is 0.274. The molecule has 1 fully saturated rings. The molecule has 1 saturated heterocycles. The second-order valence-corrected chi connectivity index (χ2v) is 7.75. The Kier molecular flexibility index (Phi) is 7.43. The van der Waals surface area contributed by atoms with Gasteiger partial charge in [0.15, 0.2) is 11.8 Å². The highest BCUT2D eigenvalue weighted by molar-refractivity contribution is 5.80. The number of anilines is 1. The van der Waals surface area contributed by atoms with E-state index in [1.165, 1.54) is 0 Å². The van der Waals surface area contributed by atoms with E-state index in [2.05, 4.69) is 68.6 Å². The Morgan fingerprint density at radius 1 is 1.28 bits per heavy atom. The van der Waals surface area contributed by atoms with Gasteiger partial charge in [-0.1, -0.05) is 25.1 Å². The minimum Gasteiger partial charge on any atom is -0.357 e. The van der Waals surface area contributed by atoms with Crippen molar-refractivity contribution in [2.45, 2.75) is 58.9 Å². The van der Waals surface area contributed by atoms with Crippen molar-refractivity contribution in [1.29, 1.82) is 0 Å². The number of nitrogens with zero attached hydrogens (tertiary/aromatic N) is 5. The molecule has 0 unspecified atom stereocenters. The first-order valence-corrected chi connectivity index (χ1v) is 10.6. The highest BCUT2D eigenvalue weighted by atomic mass is 16.5. The van der Waals surface area contributed by atoms with Gasteiger partial charge in [0.05, 0.1) is 6.54 Å². The first kappa shape index (κ1) is 21.1. The molecule has 0 spiro atoms. The van der Waals surface area contributed by atoms with E-state index < -0.39 is 0 Å². The zero-order valence-corrected chi connectivity index (χ0v) is 18.0.